The van der Waals surface area contributed by atoms with Crippen molar-refractivity contribution in [2.24, 2.45) is 0 Å². The SMILES string of the molecule is CC(NCCn1ccnc1)c1cc(Br)cs1. The summed E-state index contributed by atoms with van der Waals surface area (Å²) in [5, 5.41) is 5.61. The Hall–Kier alpha value is -0.650. The molecule has 2 aromatic rings. The van der Waals surface area contributed by atoms with Gasteiger partial charge in [0.2, 0.25) is 0 Å². The highest BCUT2D eigenvalue weighted by Crippen LogP contribution is 2.25. The van der Waals surface area contributed by atoms with Crippen molar-refractivity contribution in [3.8, 4) is 0 Å². The van der Waals surface area contributed by atoms with Crippen LogP contribution in [0.3, 0.4) is 0 Å². The van der Waals surface area contributed by atoms with Crippen molar-refractivity contribution in [2.45, 2.75) is 19.5 Å². The Morgan fingerprint density at radius 1 is 1.62 bits per heavy atom. The van der Waals surface area contributed by atoms with Crippen LogP contribution < -0.4 is 5.32 Å². The maximum atomic E-state index is 4.01. The predicted octanol–water partition coefficient (Wildman–Crippen LogP) is 3.06. The number of rotatable bonds is 5. The fourth-order valence-corrected chi connectivity index (χ4v) is 2.96. The van der Waals surface area contributed by atoms with Gasteiger partial charge in [0.15, 0.2) is 0 Å². The van der Waals surface area contributed by atoms with Gasteiger partial charge in [-0.25, -0.2) is 4.98 Å². The second-order valence-corrected chi connectivity index (χ2v) is 5.50. The number of halogens is 1. The lowest BCUT2D eigenvalue weighted by molar-refractivity contribution is 0.536. The lowest BCUT2D eigenvalue weighted by Crippen LogP contribution is -2.22. The second-order valence-electron chi connectivity index (χ2n) is 3.64. The predicted molar refractivity (Wildman–Crippen MR) is 70.7 cm³/mol. The van der Waals surface area contributed by atoms with Gasteiger partial charge in [-0.1, -0.05) is 0 Å². The first-order valence-electron chi connectivity index (χ1n) is 5.19. The Morgan fingerprint density at radius 2 is 2.50 bits per heavy atom. The van der Waals surface area contributed by atoms with E-state index >= 15 is 0 Å². The molecule has 16 heavy (non-hydrogen) atoms. The van der Waals surface area contributed by atoms with E-state index in [1.165, 1.54) is 4.88 Å². The Labute approximate surface area is 108 Å². The highest BCUT2D eigenvalue weighted by Gasteiger charge is 2.06. The third kappa shape index (κ3) is 3.17. The van der Waals surface area contributed by atoms with Crippen LogP contribution in [0.15, 0.2) is 34.6 Å². The molecule has 0 radical (unpaired) electrons. The van der Waals surface area contributed by atoms with Gasteiger partial charge in [-0.15, -0.1) is 11.3 Å². The summed E-state index contributed by atoms with van der Waals surface area (Å²) in [6, 6.07) is 2.57. The van der Waals surface area contributed by atoms with Crippen LogP contribution in [0.4, 0.5) is 0 Å². The van der Waals surface area contributed by atoms with Crippen LogP contribution in [-0.2, 0) is 6.54 Å². The van der Waals surface area contributed by atoms with Gasteiger partial charge in [0, 0.05) is 46.3 Å². The topological polar surface area (TPSA) is 29.9 Å². The Balaban J connectivity index is 1.78. The molecule has 0 aliphatic carbocycles. The van der Waals surface area contributed by atoms with Crippen LogP contribution in [0.25, 0.3) is 0 Å². The third-order valence-electron chi connectivity index (χ3n) is 2.39. The molecular formula is C11H14BrN3S. The molecule has 1 N–H and O–H groups in total. The fraction of sp³-hybridized carbons (Fsp3) is 0.364. The minimum Gasteiger partial charge on any atom is -0.336 e. The fourth-order valence-electron chi connectivity index (χ4n) is 1.49. The molecule has 1 unspecified atom stereocenters. The summed E-state index contributed by atoms with van der Waals surface area (Å²) < 4.78 is 3.24. The van der Waals surface area contributed by atoms with Crippen molar-refractivity contribution < 1.29 is 0 Å². The molecule has 3 nitrogen and oxygen atoms in total. The van der Waals surface area contributed by atoms with Gasteiger partial charge >= 0.3 is 0 Å². The van der Waals surface area contributed by atoms with Crippen molar-refractivity contribution in [2.75, 3.05) is 6.54 Å². The van der Waals surface area contributed by atoms with E-state index in [-0.39, 0.29) is 0 Å². The van der Waals surface area contributed by atoms with Crippen LogP contribution in [0.1, 0.15) is 17.8 Å². The molecule has 5 heteroatoms. The quantitative estimate of drug-likeness (QED) is 0.919. The summed E-state index contributed by atoms with van der Waals surface area (Å²) in [6.07, 6.45) is 5.63. The van der Waals surface area contributed by atoms with Crippen LogP contribution in [0, 0.1) is 0 Å². The van der Waals surface area contributed by atoms with E-state index in [0.29, 0.717) is 6.04 Å². The van der Waals surface area contributed by atoms with Crippen LogP contribution in [0.5, 0.6) is 0 Å². The van der Waals surface area contributed by atoms with E-state index in [0.717, 1.165) is 17.6 Å². The molecule has 2 aromatic heterocycles. The number of nitrogens with zero attached hydrogens (tertiary/aromatic N) is 2. The zero-order chi connectivity index (χ0) is 11.4. The normalized spacial score (nSPS) is 12.9. The molecule has 0 spiro atoms. The van der Waals surface area contributed by atoms with Gasteiger partial charge in [0.25, 0.3) is 0 Å². The summed E-state index contributed by atoms with van der Waals surface area (Å²) in [5.41, 5.74) is 0. The number of thiophene rings is 1. The van der Waals surface area contributed by atoms with E-state index in [9.17, 15) is 0 Å². The van der Waals surface area contributed by atoms with Crippen molar-refractivity contribution in [1.29, 1.82) is 0 Å². The summed E-state index contributed by atoms with van der Waals surface area (Å²) in [5.74, 6) is 0. The monoisotopic (exact) mass is 299 g/mol. The first-order chi connectivity index (χ1) is 7.75. The standard InChI is InChI=1S/C11H14BrN3S/c1-9(11-6-10(12)7-16-11)14-3-5-15-4-2-13-8-15/h2,4,6-9,14H,3,5H2,1H3. The van der Waals surface area contributed by atoms with Crippen molar-refractivity contribution in [1.82, 2.24) is 14.9 Å². The molecule has 1 atom stereocenters. The van der Waals surface area contributed by atoms with E-state index in [1.807, 2.05) is 12.5 Å². The molecule has 2 rings (SSSR count). The number of hydrogen-bond acceptors (Lipinski definition) is 3. The van der Waals surface area contributed by atoms with E-state index < -0.39 is 0 Å². The lowest BCUT2D eigenvalue weighted by Gasteiger charge is -2.11. The first-order valence-corrected chi connectivity index (χ1v) is 6.86. The molecule has 86 valence electrons. The highest BCUT2D eigenvalue weighted by atomic mass is 79.9. The van der Waals surface area contributed by atoms with Gasteiger partial charge in [-0.05, 0) is 28.9 Å². The molecule has 0 aliphatic rings. The van der Waals surface area contributed by atoms with Crippen molar-refractivity contribution in [3.63, 3.8) is 0 Å². The number of aromatic nitrogens is 2. The molecule has 0 aliphatic heterocycles. The zero-order valence-corrected chi connectivity index (χ0v) is 11.5. The average molecular weight is 300 g/mol. The highest BCUT2D eigenvalue weighted by molar-refractivity contribution is 9.10. The first kappa shape index (κ1) is 11.8. The molecule has 0 fully saturated rings. The van der Waals surface area contributed by atoms with E-state index in [2.05, 4.69) is 49.2 Å². The van der Waals surface area contributed by atoms with Crippen molar-refractivity contribution in [3.05, 3.63) is 39.5 Å². The van der Waals surface area contributed by atoms with Crippen LogP contribution in [0.2, 0.25) is 0 Å². The minimum absolute atomic E-state index is 0.403. The number of nitrogens with one attached hydrogen (secondary N) is 1. The molecule has 0 amide bonds. The second kappa shape index (κ2) is 5.61. The number of imidazole rings is 1. The minimum atomic E-state index is 0.403. The summed E-state index contributed by atoms with van der Waals surface area (Å²) in [7, 11) is 0. The largest absolute Gasteiger partial charge is 0.336 e. The van der Waals surface area contributed by atoms with E-state index in [1.54, 1.807) is 17.5 Å². The number of hydrogen-bond donors (Lipinski definition) is 1. The van der Waals surface area contributed by atoms with Gasteiger partial charge in [-0.3, -0.25) is 0 Å². The van der Waals surface area contributed by atoms with E-state index in [4.69, 9.17) is 0 Å². The molecule has 0 saturated carbocycles. The molecule has 0 saturated heterocycles. The van der Waals surface area contributed by atoms with Gasteiger partial charge in [0.1, 0.15) is 0 Å². The maximum absolute atomic E-state index is 4.01. The summed E-state index contributed by atoms with van der Waals surface area (Å²) >= 11 is 5.25. The molecule has 0 aromatic carbocycles. The van der Waals surface area contributed by atoms with Crippen molar-refractivity contribution >= 4 is 27.3 Å². The Bertz CT molecular complexity index is 424. The maximum Gasteiger partial charge on any atom is 0.0946 e. The molecule has 0 bridgehead atoms. The molecular weight excluding hydrogens is 286 g/mol. The zero-order valence-electron chi connectivity index (χ0n) is 9.06. The Morgan fingerprint density at radius 3 is 3.12 bits per heavy atom. The average Bonchev–Trinajstić information content (AvgIpc) is 2.89. The van der Waals surface area contributed by atoms with Crippen LogP contribution in [-0.4, -0.2) is 16.1 Å². The van der Waals surface area contributed by atoms with Gasteiger partial charge in [-0.2, -0.15) is 0 Å². The lowest BCUT2D eigenvalue weighted by atomic mass is 10.3. The smallest absolute Gasteiger partial charge is 0.0946 e. The Kier molecular flexibility index (Phi) is 4.15. The van der Waals surface area contributed by atoms with Crippen LogP contribution >= 0.6 is 27.3 Å². The summed E-state index contributed by atoms with van der Waals surface area (Å²) in [6.45, 7) is 4.09. The summed E-state index contributed by atoms with van der Waals surface area (Å²) in [4.78, 5) is 5.37. The molecule has 2 heterocycles. The van der Waals surface area contributed by atoms with Gasteiger partial charge < -0.3 is 9.88 Å². The van der Waals surface area contributed by atoms with Gasteiger partial charge in [0.05, 0.1) is 6.33 Å². The third-order valence-corrected chi connectivity index (χ3v) is 4.27.